The number of nitrogens with one attached hydrogen (secondary N) is 1. The van der Waals surface area contributed by atoms with Crippen LogP contribution in [0.1, 0.15) is 6.42 Å². The standard InChI is InChI=1S/C8H12N4O3/c9-5(7(10)14)2-4-12-6(13)1-3-11-8(12)15/h1,3,5H,2,4,9H2,(H2,10,14)(H,11,15). The third kappa shape index (κ3) is 2.78. The van der Waals surface area contributed by atoms with Crippen LogP contribution in [-0.2, 0) is 11.3 Å². The van der Waals surface area contributed by atoms with E-state index in [9.17, 15) is 14.4 Å². The molecular weight excluding hydrogens is 200 g/mol. The maximum Gasteiger partial charge on any atom is 0.328 e. The number of hydrogen-bond donors (Lipinski definition) is 3. The Morgan fingerprint density at radius 2 is 2.20 bits per heavy atom. The molecule has 5 N–H and O–H groups in total. The maximum absolute atomic E-state index is 11.2. The fourth-order valence-electron chi connectivity index (χ4n) is 1.07. The first-order chi connectivity index (χ1) is 7.02. The highest BCUT2D eigenvalue weighted by molar-refractivity contribution is 5.79. The van der Waals surface area contributed by atoms with E-state index in [1.54, 1.807) is 0 Å². The van der Waals surface area contributed by atoms with E-state index in [-0.39, 0.29) is 13.0 Å². The minimum absolute atomic E-state index is 0.0686. The van der Waals surface area contributed by atoms with E-state index >= 15 is 0 Å². The molecule has 1 rings (SSSR count). The third-order valence-electron chi connectivity index (χ3n) is 1.97. The fourth-order valence-corrected chi connectivity index (χ4v) is 1.07. The number of nitrogens with two attached hydrogens (primary N) is 2. The summed E-state index contributed by atoms with van der Waals surface area (Å²) in [7, 11) is 0. The minimum atomic E-state index is -0.850. The van der Waals surface area contributed by atoms with Gasteiger partial charge in [-0.1, -0.05) is 0 Å². The highest BCUT2D eigenvalue weighted by Crippen LogP contribution is 1.88. The van der Waals surface area contributed by atoms with Crippen molar-refractivity contribution >= 4 is 5.91 Å². The van der Waals surface area contributed by atoms with Crippen LogP contribution in [0.4, 0.5) is 0 Å². The number of aromatic amines is 1. The molecule has 0 spiro atoms. The molecule has 0 saturated heterocycles. The zero-order valence-electron chi connectivity index (χ0n) is 7.97. The molecule has 0 fully saturated rings. The number of hydrogen-bond acceptors (Lipinski definition) is 4. The molecule has 1 aromatic rings. The summed E-state index contributed by atoms with van der Waals surface area (Å²) in [5.41, 5.74) is 9.34. The lowest BCUT2D eigenvalue weighted by atomic mass is 10.2. The molecule has 1 heterocycles. The van der Waals surface area contributed by atoms with Crippen molar-refractivity contribution in [1.82, 2.24) is 9.55 Å². The molecular formula is C8H12N4O3. The summed E-state index contributed by atoms with van der Waals surface area (Å²) < 4.78 is 0.961. The van der Waals surface area contributed by atoms with Crippen LogP contribution in [0.15, 0.2) is 21.9 Å². The average molecular weight is 212 g/mol. The molecule has 0 aliphatic heterocycles. The topological polar surface area (TPSA) is 124 Å². The highest BCUT2D eigenvalue weighted by Gasteiger charge is 2.10. The van der Waals surface area contributed by atoms with Crippen LogP contribution in [0.5, 0.6) is 0 Å². The van der Waals surface area contributed by atoms with Gasteiger partial charge in [0.25, 0.3) is 5.56 Å². The zero-order chi connectivity index (χ0) is 11.4. The molecule has 0 saturated carbocycles. The van der Waals surface area contributed by atoms with E-state index in [1.807, 2.05) is 0 Å². The second-order valence-electron chi connectivity index (χ2n) is 3.07. The summed E-state index contributed by atoms with van der Waals surface area (Å²) in [5.74, 6) is -0.657. The number of aromatic nitrogens is 2. The predicted octanol–water partition coefficient (Wildman–Crippen LogP) is -2.26. The molecule has 0 aromatic carbocycles. The van der Waals surface area contributed by atoms with Crippen molar-refractivity contribution in [3.05, 3.63) is 33.1 Å². The Kier molecular flexibility index (Phi) is 3.40. The molecule has 0 aliphatic carbocycles. The SMILES string of the molecule is NC(=O)C(N)CCn1c(=O)cc[nH]c1=O. The number of H-pyrrole nitrogens is 1. The van der Waals surface area contributed by atoms with E-state index in [0.29, 0.717) is 0 Å². The van der Waals surface area contributed by atoms with Crippen LogP contribution < -0.4 is 22.7 Å². The van der Waals surface area contributed by atoms with Crippen molar-refractivity contribution in [2.24, 2.45) is 11.5 Å². The number of rotatable bonds is 4. The van der Waals surface area contributed by atoms with Crippen molar-refractivity contribution in [3.63, 3.8) is 0 Å². The fraction of sp³-hybridized carbons (Fsp3) is 0.375. The van der Waals surface area contributed by atoms with Crippen LogP contribution in [0.2, 0.25) is 0 Å². The quantitative estimate of drug-likeness (QED) is 0.521. The van der Waals surface area contributed by atoms with Gasteiger partial charge in [0.05, 0.1) is 6.04 Å². The normalized spacial score (nSPS) is 12.3. The second-order valence-corrected chi connectivity index (χ2v) is 3.07. The van der Waals surface area contributed by atoms with Gasteiger partial charge in [-0.25, -0.2) is 4.79 Å². The molecule has 1 unspecified atom stereocenters. The summed E-state index contributed by atoms with van der Waals surface area (Å²) in [6, 6.07) is 0.369. The number of carbonyl (C=O) groups excluding carboxylic acids is 1. The number of carbonyl (C=O) groups is 1. The van der Waals surface area contributed by atoms with E-state index in [0.717, 1.165) is 4.57 Å². The minimum Gasteiger partial charge on any atom is -0.368 e. The number of primary amides is 1. The lowest BCUT2D eigenvalue weighted by Gasteiger charge is -2.07. The Bertz CT molecular complexity index is 433. The molecule has 1 aromatic heterocycles. The van der Waals surface area contributed by atoms with Crippen LogP contribution in [0.3, 0.4) is 0 Å². The van der Waals surface area contributed by atoms with Gasteiger partial charge < -0.3 is 16.5 Å². The van der Waals surface area contributed by atoms with E-state index in [4.69, 9.17) is 11.5 Å². The average Bonchev–Trinajstić information content (AvgIpc) is 2.16. The smallest absolute Gasteiger partial charge is 0.328 e. The van der Waals surface area contributed by atoms with Crippen LogP contribution in [0, 0.1) is 0 Å². The van der Waals surface area contributed by atoms with E-state index < -0.39 is 23.2 Å². The lowest BCUT2D eigenvalue weighted by molar-refractivity contribution is -0.119. The molecule has 0 aliphatic rings. The van der Waals surface area contributed by atoms with Gasteiger partial charge in [-0.05, 0) is 6.42 Å². The molecule has 7 heteroatoms. The van der Waals surface area contributed by atoms with E-state index in [1.165, 1.54) is 12.3 Å². The van der Waals surface area contributed by atoms with Crippen molar-refractivity contribution in [2.75, 3.05) is 0 Å². The Hall–Kier alpha value is -1.89. The number of amides is 1. The van der Waals surface area contributed by atoms with Gasteiger partial charge in [-0.3, -0.25) is 14.2 Å². The number of nitrogens with zero attached hydrogens (tertiary/aromatic N) is 1. The van der Waals surface area contributed by atoms with Crippen molar-refractivity contribution in [3.8, 4) is 0 Å². The Morgan fingerprint density at radius 3 is 2.73 bits per heavy atom. The third-order valence-corrected chi connectivity index (χ3v) is 1.97. The van der Waals surface area contributed by atoms with Crippen molar-refractivity contribution < 1.29 is 4.79 Å². The molecule has 15 heavy (non-hydrogen) atoms. The van der Waals surface area contributed by atoms with E-state index in [2.05, 4.69) is 4.98 Å². The first-order valence-electron chi connectivity index (χ1n) is 4.36. The monoisotopic (exact) mass is 212 g/mol. The van der Waals surface area contributed by atoms with Gasteiger partial charge in [-0.2, -0.15) is 0 Å². The van der Waals surface area contributed by atoms with Crippen LogP contribution in [0.25, 0.3) is 0 Å². The summed E-state index contributed by atoms with van der Waals surface area (Å²) in [6.45, 7) is 0.0686. The summed E-state index contributed by atoms with van der Waals surface area (Å²) in [6.07, 6.45) is 1.41. The summed E-state index contributed by atoms with van der Waals surface area (Å²) >= 11 is 0. The Labute approximate surface area is 84.7 Å². The summed E-state index contributed by atoms with van der Waals surface area (Å²) in [5, 5.41) is 0. The molecule has 1 amide bonds. The van der Waals surface area contributed by atoms with Gasteiger partial charge in [0.1, 0.15) is 0 Å². The predicted molar refractivity (Wildman–Crippen MR) is 53.1 cm³/mol. The van der Waals surface area contributed by atoms with Gasteiger partial charge in [-0.15, -0.1) is 0 Å². The maximum atomic E-state index is 11.2. The van der Waals surface area contributed by atoms with Crippen molar-refractivity contribution in [2.45, 2.75) is 19.0 Å². The van der Waals surface area contributed by atoms with Crippen LogP contribution >= 0.6 is 0 Å². The van der Waals surface area contributed by atoms with Crippen LogP contribution in [-0.4, -0.2) is 21.5 Å². The van der Waals surface area contributed by atoms with Gasteiger partial charge in [0.15, 0.2) is 0 Å². The Morgan fingerprint density at radius 1 is 1.53 bits per heavy atom. The highest BCUT2D eigenvalue weighted by atomic mass is 16.2. The summed E-state index contributed by atoms with van der Waals surface area (Å²) in [4.78, 5) is 35.3. The zero-order valence-corrected chi connectivity index (χ0v) is 7.97. The molecule has 7 nitrogen and oxygen atoms in total. The molecule has 1 atom stereocenters. The molecule has 82 valence electrons. The molecule has 0 radical (unpaired) electrons. The first kappa shape index (κ1) is 11.2. The Balaban J connectivity index is 2.78. The van der Waals surface area contributed by atoms with Gasteiger partial charge >= 0.3 is 5.69 Å². The van der Waals surface area contributed by atoms with Crippen molar-refractivity contribution in [1.29, 1.82) is 0 Å². The van der Waals surface area contributed by atoms with Gasteiger partial charge in [0, 0.05) is 18.8 Å². The van der Waals surface area contributed by atoms with Gasteiger partial charge in [0.2, 0.25) is 5.91 Å². The second kappa shape index (κ2) is 4.56. The first-order valence-corrected chi connectivity index (χ1v) is 4.36. The largest absolute Gasteiger partial charge is 0.368 e. The lowest BCUT2D eigenvalue weighted by Crippen LogP contribution is -2.40. The molecule has 0 bridgehead atoms.